The van der Waals surface area contributed by atoms with Crippen molar-refractivity contribution in [3.63, 3.8) is 0 Å². The van der Waals surface area contributed by atoms with E-state index < -0.39 is 0 Å². The number of hydrogen-bond donors (Lipinski definition) is 3. The van der Waals surface area contributed by atoms with Crippen LogP contribution in [0.1, 0.15) is 0 Å². The van der Waals surface area contributed by atoms with Gasteiger partial charge in [0.05, 0.1) is 12.7 Å². The van der Waals surface area contributed by atoms with Gasteiger partial charge in [-0.2, -0.15) is 5.10 Å². The van der Waals surface area contributed by atoms with Gasteiger partial charge < -0.3 is 16.0 Å². The lowest BCUT2D eigenvalue weighted by Gasteiger charge is -2.26. The topological polar surface area (TPSA) is 104 Å². The second-order valence-corrected chi connectivity index (χ2v) is 4.50. The number of aromatic amines is 1. The highest BCUT2D eigenvalue weighted by atomic mass is 16.2. The number of amides is 2. The van der Waals surface area contributed by atoms with Crippen molar-refractivity contribution in [2.24, 2.45) is 0 Å². The fourth-order valence-corrected chi connectivity index (χ4v) is 2.14. The number of nitrogen functional groups attached to an aromatic ring is 1. The summed E-state index contributed by atoms with van der Waals surface area (Å²) in [6, 6.07) is 7.27. The largest absolute Gasteiger partial charge is 0.384 e. The van der Waals surface area contributed by atoms with Crippen molar-refractivity contribution in [1.82, 2.24) is 15.5 Å². The summed E-state index contributed by atoms with van der Waals surface area (Å²) in [5.74, 6) is 0.208. The zero-order valence-corrected chi connectivity index (χ0v) is 10.6. The number of benzene rings is 1. The molecule has 1 fully saturated rings. The van der Waals surface area contributed by atoms with E-state index in [4.69, 9.17) is 5.73 Å². The highest BCUT2D eigenvalue weighted by molar-refractivity contribution is 6.04. The van der Waals surface area contributed by atoms with Crippen molar-refractivity contribution < 1.29 is 9.59 Å². The second kappa shape index (κ2) is 4.69. The molecule has 102 valence electrons. The predicted octanol–water partition coefficient (Wildman–Crippen LogP) is 0.122. The van der Waals surface area contributed by atoms with E-state index in [-0.39, 0.29) is 24.9 Å². The summed E-state index contributed by atoms with van der Waals surface area (Å²) < 4.78 is 0. The average Bonchev–Trinajstić information content (AvgIpc) is 2.88. The van der Waals surface area contributed by atoms with Crippen molar-refractivity contribution in [3.8, 4) is 11.1 Å². The van der Waals surface area contributed by atoms with Crippen LogP contribution in [-0.4, -0.2) is 35.1 Å². The van der Waals surface area contributed by atoms with Crippen LogP contribution in [0.15, 0.2) is 30.5 Å². The summed E-state index contributed by atoms with van der Waals surface area (Å²) in [5, 5.41) is 9.05. The second-order valence-electron chi connectivity index (χ2n) is 4.50. The van der Waals surface area contributed by atoms with E-state index in [1.54, 1.807) is 18.3 Å². The molecule has 0 spiro atoms. The summed E-state index contributed by atoms with van der Waals surface area (Å²) in [6.45, 7) is 0.0846. The number of anilines is 2. The van der Waals surface area contributed by atoms with Gasteiger partial charge >= 0.3 is 0 Å². The SMILES string of the molecule is Nc1[nH]ncc1-c1ccc(N2CC(=O)NCC2=O)cc1. The Labute approximate surface area is 114 Å². The first-order chi connectivity index (χ1) is 9.65. The molecule has 7 nitrogen and oxygen atoms in total. The molecule has 0 unspecified atom stereocenters. The first-order valence-corrected chi connectivity index (χ1v) is 6.11. The summed E-state index contributed by atoms with van der Waals surface area (Å²) in [4.78, 5) is 24.6. The number of aromatic nitrogens is 2. The molecule has 1 aliphatic rings. The lowest BCUT2D eigenvalue weighted by atomic mass is 10.1. The Morgan fingerprint density at radius 2 is 1.95 bits per heavy atom. The Bertz CT molecular complexity index is 662. The van der Waals surface area contributed by atoms with E-state index >= 15 is 0 Å². The van der Waals surface area contributed by atoms with E-state index in [1.165, 1.54) is 4.90 Å². The van der Waals surface area contributed by atoms with Crippen molar-refractivity contribution in [2.75, 3.05) is 23.7 Å². The van der Waals surface area contributed by atoms with E-state index in [0.717, 1.165) is 11.1 Å². The molecule has 1 aromatic heterocycles. The number of nitrogens with zero attached hydrogens (tertiary/aromatic N) is 2. The van der Waals surface area contributed by atoms with Gasteiger partial charge in [-0.3, -0.25) is 14.7 Å². The summed E-state index contributed by atoms with van der Waals surface area (Å²) in [7, 11) is 0. The van der Waals surface area contributed by atoms with Gasteiger partial charge in [-0.25, -0.2) is 0 Å². The molecule has 7 heteroatoms. The summed E-state index contributed by atoms with van der Waals surface area (Å²) >= 11 is 0. The number of carbonyl (C=O) groups excluding carboxylic acids is 2. The average molecular weight is 271 g/mol. The fourth-order valence-electron chi connectivity index (χ4n) is 2.14. The third-order valence-corrected chi connectivity index (χ3v) is 3.20. The monoisotopic (exact) mass is 271 g/mol. The molecule has 20 heavy (non-hydrogen) atoms. The van der Waals surface area contributed by atoms with Gasteiger partial charge in [0, 0.05) is 11.3 Å². The number of hydrogen-bond acceptors (Lipinski definition) is 4. The normalized spacial score (nSPS) is 15.3. The van der Waals surface area contributed by atoms with Gasteiger partial charge in [-0.05, 0) is 17.7 Å². The van der Waals surface area contributed by atoms with Gasteiger partial charge in [-0.1, -0.05) is 12.1 Å². The van der Waals surface area contributed by atoms with E-state index in [1.807, 2.05) is 12.1 Å². The number of H-pyrrole nitrogens is 1. The zero-order valence-electron chi connectivity index (χ0n) is 10.6. The first-order valence-electron chi connectivity index (χ1n) is 6.11. The van der Waals surface area contributed by atoms with Crippen LogP contribution in [0.4, 0.5) is 11.5 Å². The Hall–Kier alpha value is -2.83. The van der Waals surface area contributed by atoms with Gasteiger partial charge in [0.25, 0.3) is 0 Å². The van der Waals surface area contributed by atoms with Gasteiger partial charge in [0.15, 0.2) is 0 Å². The Balaban J connectivity index is 1.88. The quantitative estimate of drug-likeness (QED) is 0.721. The first kappa shape index (κ1) is 12.2. The molecule has 2 aromatic rings. The maximum Gasteiger partial charge on any atom is 0.246 e. The third kappa shape index (κ3) is 2.09. The van der Waals surface area contributed by atoms with Crippen LogP contribution >= 0.6 is 0 Å². The van der Waals surface area contributed by atoms with Gasteiger partial charge in [0.1, 0.15) is 12.4 Å². The van der Waals surface area contributed by atoms with E-state index in [2.05, 4.69) is 15.5 Å². The number of carbonyl (C=O) groups is 2. The minimum Gasteiger partial charge on any atom is -0.384 e. The molecule has 3 rings (SSSR count). The maximum atomic E-state index is 11.8. The van der Waals surface area contributed by atoms with Crippen LogP contribution in [0.3, 0.4) is 0 Å². The molecule has 1 aliphatic heterocycles. The molecule has 4 N–H and O–H groups in total. The maximum absolute atomic E-state index is 11.8. The highest BCUT2D eigenvalue weighted by Gasteiger charge is 2.24. The number of nitrogens with one attached hydrogen (secondary N) is 2. The number of nitrogens with two attached hydrogens (primary N) is 1. The van der Waals surface area contributed by atoms with Crippen LogP contribution in [0.25, 0.3) is 11.1 Å². The molecule has 0 aliphatic carbocycles. The molecular formula is C13H13N5O2. The molecule has 0 bridgehead atoms. The van der Waals surface area contributed by atoms with Crippen LogP contribution in [0.5, 0.6) is 0 Å². The van der Waals surface area contributed by atoms with Crippen LogP contribution in [0, 0.1) is 0 Å². The van der Waals surface area contributed by atoms with Crippen LogP contribution < -0.4 is 16.0 Å². The fraction of sp³-hybridized carbons (Fsp3) is 0.154. The third-order valence-electron chi connectivity index (χ3n) is 3.20. The summed E-state index contributed by atoms with van der Waals surface area (Å²) in [6.07, 6.45) is 1.64. The number of rotatable bonds is 2. The standard InChI is InChI=1S/C13H13N5O2/c14-13-10(5-16-17-13)8-1-3-9(4-2-8)18-7-11(19)15-6-12(18)20/h1-5H,6-7H2,(H,15,19)(H3,14,16,17). The van der Waals surface area contributed by atoms with Gasteiger partial charge in [-0.15, -0.1) is 0 Å². The Kier molecular flexibility index (Phi) is 2.86. The smallest absolute Gasteiger partial charge is 0.246 e. The molecule has 2 amide bonds. The Morgan fingerprint density at radius 3 is 2.60 bits per heavy atom. The van der Waals surface area contributed by atoms with Crippen molar-refractivity contribution in [1.29, 1.82) is 0 Å². The van der Waals surface area contributed by atoms with Gasteiger partial charge in [0.2, 0.25) is 11.8 Å². The predicted molar refractivity (Wildman–Crippen MR) is 73.8 cm³/mol. The van der Waals surface area contributed by atoms with E-state index in [0.29, 0.717) is 11.5 Å². The molecule has 1 saturated heterocycles. The molecule has 0 atom stereocenters. The molecular weight excluding hydrogens is 258 g/mol. The number of piperazine rings is 1. The minimum absolute atomic E-state index is 0.0370. The molecule has 0 saturated carbocycles. The van der Waals surface area contributed by atoms with Crippen molar-refractivity contribution in [3.05, 3.63) is 30.5 Å². The lowest BCUT2D eigenvalue weighted by Crippen LogP contribution is -2.51. The van der Waals surface area contributed by atoms with Crippen molar-refractivity contribution in [2.45, 2.75) is 0 Å². The summed E-state index contributed by atoms with van der Waals surface area (Å²) in [5.41, 5.74) is 8.15. The molecule has 2 heterocycles. The van der Waals surface area contributed by atoms with Crippen molar-refractivity contribution >= 4 is 23.3 Å². The molecule has 0 radical (unpaired) electrons. The van der Waals surface area contributed by atoms with Crippen LogP contribution in [-0.2, 0) is 9.59 Å². The highest BCUT2D eigenvalue weighted by Crippen LogP contribution is 2.26. The van der Waals surface area contributed by atoms with E-state index in [9.17, 15) is 9.59 Å². The van der Waals surface area contributed by atoms with Crippen LogP contribution in [0.2, 0.25) is 0 Å². The zero-order chi connectivity index (χ0) is 14.1. The lowest BCUT2D eigenvalue weighted by molar-refractivity contribution is -0.128. The Morgan fingerprint density at radius 1 is 1.20 bits per heavy atom. The molecule has 1 aromatic carbocycles. The minimum atomic E-state index is -0.159.